The minimum Gasteiger partial charge on any atom is -0.316 e. The molecule has 0 aromatic carbocycles. The monoisotopic (exact) mass is 246 g/mol. The first-order chi connectivity index (χ1) is 7.38. The molecule has 96 valence electrons. The van der Waals surface area contributed by atoms with Crippen LogP contribution in [0.15, 0.2) is 0 Å². The van der Waals surface area contributed by atoms with Gasteiger partial charge in [0.05, 0.1) is 0 Å². The molecule has 0 aromatic heterocycles. The largest absolute Gasteiger partial charge is 0.316 e. The highest BCUT2D eigenvalue weighted by atomic mass is 35.5. The molecule has 0 aromatic rings. The van der Waals surface area contributed by atoms with E-state index in [9.17, 15) is 0 Å². The van der Waals surface area contributed by atoms with Crippen LogP contribution in [0, 0.1) is 5.92 Å². The van der Waals surface area contributed by atoms with Crippen molar-refractivity contribution in [2.75, 3.05) is 26.7 Å². The quantitative estimate of drug-likeness (QED) is 0.821. The van der Waals surface area contributed by atoms with Gasteiger partial charge in [-0.1, -0.05) is 25.7 Å². The molecule has 2 nitrogen and oxygen atoms in total. The van der Waals surface area contributed by atoms with Crippen LogP contribution in [-0.4, -0.2) is 37.6 Å². The Kier molecular flexibility index (Phi) is 6.71. The summed E-state index contributed by atoms with van der Waals surface area (Å²) in [5.74, 6) is 1.06. The molecule has 0 bridgehead atoms. The Morgan fingerprint density at radius 3 is 2.56 bits per heavy atom. The molecule has 0 spiro atoms. The summed E-state index contributed by atoms with van der Waals surface area (Å²) in [6, 6.07) is 0.752. The standard InChI is InChI=1S/C13H26N2.ClH/c1-14-13-7-4-9-15(11-13)10-8-12-5-2-3-6-12;/h12-14H,2-11H2,1H3;1H. The predicted molar refractivity (Wildman–Crippen MR) is 72.3 cm³/mol. The number of nitrogens with one attached hydrogen (secondary N) is 1. The molecule has 16 heavy (non-hydrogen) atoms. The van der Waals surface area contributed by atoms with Crippen molar-refractivity contribution in [2.24, 2.45) is 5.92 Å². The van der Waals surface area contributed by atoms with E-state index < -0.39 is 0 Å². The molecule has 2 fully saturated rings. The Labute approximate surface area is 107 Å². The first kappa shape index (κ1) is 14.3. The number of likely N-dealkylation sites (tertiary alicyclic amines) is 1. The van der Waals surface area contributed by atoms with Gasteiger partial charge in [-0.05, 0) is 45.3 Å². The lowest BCUT2D eigenvalue weighted by molar-refractivity contribution is 0.184. The second-order valence-electron chi connectivity index (χ2n) is 5.37. The van der Waals surface area contributed by atoms with E-state index in [1.165, 1.54) is 64.6 Å². The topological polar surface area (TPSA) is 15.3 Å². The number of nitrogens with zero attached hydrogens (tertiary/aromatic N) is 1. The average molecular weight is 247 g/mol. The van der Waals surface area contributed by atoms with Gasteiger partial charge in [0.25, 0.3) is 0 Å². The summed E-state index contributed by atoms with van der Waals surface area (Å²) in [6.45, 7) is 3.97. The predicted octanol–water partition coefficient (Wildman–Crippen LogP) is 2.67. The van der Waals surface area contributed by atoms with Crippen molar-refractivity contribution in [3.8, 4) is 0 Å². The molecule has 3 heteroatoms. The molecule has 1 N–H and O–H groups in total. The third-order valence-corrected chi connectivity index (χ3v) is 4.24. The van der Waals surface area contributed by atoms with Crippen molar-refractivity contribution in [1.82, 2.24) is 10.2 Å². The first-order valence-electron chi connectivity index (χ1n) is 6.78. The van der Waals surface area contributed by atoms with E-state index in [4.69, 9.17) is 0 Å². The minimum absolute atomic E-state index is 0. The van der Waals surface area contributed by atoms with Gasteiger partial charge in [0, 0.05) is 12.6 Å². The lowest BCUT2D eigenvalue weighted by Gasteiger charge is -2.33. The van der Waals surface area contributed by atoms with Gasteiger partial charge in [-0.15, -0.1) is 12.4 Å². The van der Waals surface area contributed by atoms with Crippen molar-refractivity contribution < 1.29 is 0 Å². The molecule has 1 aliphatic carbocycles. The zero-order valence-electron chi connectivity index (χ0n) is 10.6. The fourth-order valence-electron chi connectivity index (χ4n) is 3.16. The van der Waals surface area contributed by atoms with Crippen molar-refractivity contribution in [1.29, 1.82) is 0 Å². The van der Waals surface area contributed by atoms with Gasteiger partial charge < -0.3 is 10.2 Å². The van der Waals surface area contributed by atoms with E-state index in [0.717, 1.165) is 12.0 Å². The third kappa shape index (κ3) is 4.23. The Morgan fingerprint density at radius 1 is 1.12 bits per heavy atom. The van der Waals surface area contributed by atoms with Crippen LogP contribution in [0.4, 0.5) is 0 Å². The Morgan fingerprint density at radius 2 is 1.88 bits per heavy atom. The number of rotatable bonds is 4. The van der Waals surface area contributed by atoms with Crippen molar-refractivity contribution in [2.45, 2.75) is 51.0 Å². The molecule has 1 atom stereocenters. The highest BCUT2D eigenvalue weighted by molar-refractivity contribution is 5.85. The van der Waals surface area contributed by atoms with Crippen molar-refractivity contribution in [3.63, 3.8) is 0 Å². The smallest absolute Gasteiger partial charge is 0.0192 e. The van der Waals surface area contributed by atoms with E-state index in [1.807, 2.05) is 0 Å². The Bertz CT molecular complexity index is 181. The van der Waals surface area contributed by atoms with Gasteiger partial charge in [-0.25, -0.2) is 0 Å². The maximum atomic E-state index is 3.42. The van der Waals surface area contributed by atoms with Crippen LogP contribution in [0.25, 0.3) is 0 Å². The van der Waals surface area contributed by atoms with E-state index in [1.54, 1.807) is 0 Å². The second kappa shape index (κ2) is 7.52. The zero-order chi connectivity index (χ0) is 10.5. The number of hydrogen-bond donors (Lipinski definition) is 1. The lowest BCUT2D eigenvalue weighted by Crippen LogP contribution is -2.44. The minimum atomic E-state index is 0. The van der Waals surface area contributed by atoms with Gasteiger partial charge in [0.2, 0.25) is 0 Å². The van der Waals surface area contributed by atoms with E-state index in [0.29, 0.717) is 0 Å². The van der Waals surface area contributed by atoms with Crippen LogP contribution in [0.1, 0.15) is 44.9 Å². The number of likely N-dealkylation sites (N-methyl/N-ethyl adjacent to an activating group) is 1. The van der Waals surface area contributed by atoms with Crippen LogP contribution in [-0.2, 0) is 0 Å². The summed E-state index contributed by atoms with van der Waals surface area (Å²) >= 11 is 0. The maximum Gasteiger partial charge on any atom is 0.0192 e. The van der Waals surface area contributed by atoms with Crippen molar-refractivity contribution >= 4 is 12.4 Å². The molecule has 0 amide bonds. The molecule has 1 unspecified atom stereocenters. The molecule has 1 heterocycles. The van der Waals surface area contributed by atoms with Gasteiger partial charge in [0.1, 0.15) is 0 Å². The van der Waals surface area contributed by atoms with Crippen molar-refractivity contribution in [3.05, 3.63) is 0 Å². The number of hydrogen-bond acceptors (Lipinski definition) is 2. The maximum absolute atomic E-state index is 3.42. The van der Waals surface area contributed by atoms with Gasteiger partial charge in [-0.3, -0.25) is 0 Å². The Hall–Kier alpha value is 0.210. The fraction of sp³-hybridized carbons (Fsp3) is 1.00. The summed E-state index contributed by atoms with van der Waals surface area (Å²) in [6.07, 6.45) is 10.2. The molecule has 1 aliphatic heterocycles. The van der Waals surface area contributed by atoms with Crippen LogP contribution < -0.4 is 5.32 Å². The number of piperidine rings is 1. The molecule has 2 rings (SSSR count). The SMILES string of the molecule is CNC1CCCN(CCC2CCCC2)C1.Cl. The molecular weight excluding hydrogens is 220 g/mol. The lowest BCUT2D eigenvalue weighted by atomic mass is 10.0. The fourth-order valence-corrected chi connectivity index (χ4v) is 3.16. The van der Waals surface area contributed by atoms with Crippen LogP contribution in [0.5, 0.6) is 0 Å². The number of halogens is 1. The Balaban J connectivity index is 0.00000128. The van der Waals surface area contributed by atoms with E-state index >= 15 is 0 Å². The molecule has 2 aliphatic rings. The summed E-state index contributed by atoms with van der Waals surface area (Å²) < 4.78 is 0. The van der Waals surface area contributed by atoms with Crippen LogP contribution in [0.3, 0.4) is 0 Å². The van der Waals surface area contributed by atoms with Gasteiger partial charge >= 0.3 is 0 Å². The van der Waals surface area contributed by atoms with E-state index in [2.05, 4.69) is 17.3 Å². The summed E-state index contributed by atoms with van der Waals surface area (Å²) in [5.41, 5.74) is 0. The van der Waals surface area contributed by atoms with Gasteiger partial charge in [-0.2, -0.15) is 0 Å². The first-order valence-corrected chi connectivity index (χ1v) is 6.78. The van der Waals surface area contributed by atoms with Crippen LogP contribution >= 0.6 is 12.4 Å². The highest BCUT2D eigenvalue weighted by Gasteiger charge is 2.20. The summed E-state index contributed by atoms with van der Waals surface area (Å²) in [7, 11) is 2.10. The van der Waals surface area contributed by atoms with E-state index in [-0.39, 0.29) is 12.4 Å². The molecule has 0 radical (unpaired) electrons. The van der Waals surface area contributed by atoms with Gasteiger partial charge in [0.15, 0.2) is 0 Å². The molecular formula is C13H27ClN2. The molecule has 1 saturated carbocycles. The molecule has 1 saturated heterocycles. The normalized spacial score (nSPS) is 27.9. The average Bonchev–Trinajstić information content (AvgIpc) is 2.79. The van der Waals surface area contributed by atoms with Crippen LogP contribution in [0.2, 0.25) is 0 Å². The third-order valence-electron chi connectivity index (χ3n) is 4.24. The second-order valence-corrected chi connectivity index (χ2v) is 5.37. The summed E-state index contributed by atoms with van der Waals surface area (Å²) in [4.78, 5) is 2.67. The highest BCUT2D eigenvalue weighted by Crippen LogP contribution is 2.27. The zero-order valence-corrected chi connectivity index (χ0v) is 11.4. The summed E-state index contributed by atoms with van der Waals surface area (Å²) in [5, 5.41) is 3.42.